The van der Waals surface area contributed by atoms with Gasteiger partial charge in [0, 0.05) is 44.4 Å². The summed E-state index contributed by atoms with van der Waals surface area (Å²) in [5, 5.41) is 9.33. The van der Waals surface area contributed by atoms with Crippen LogP contribution in [0.3, 0.4) is 0 Å². The van der Waals surface area contributed by atoms with Crippen LogP contribution in [0.5, 0.6) is 0 Å². The molecule has 1 aliphatic heterocycles. The van der Waals surface area contributed by atoms with Gasteiger partial charge < -0.3 is 5.11 Å². The third kappa shape index (κ3) is 3.96. The largest absolute Gasteiger partial charge is 0.392 e. The Morgan fingerprint density at radius 3 is 2.73 bits per heavy atom. The van der Waals surface area contributed by atoms with E-state index in [0.29, 0.717) is 13.1 Å². The third-order valence-electron chi connectivity index (χ3n) is 4.77. The number of nitrogens with zero attached hydrogens (tertiary/aromatic N) is 3. The van der Waals surface area contributed by atoms with Gasteiger partial charge in [-0.15, -0.1) is 0 Å². The molecule has 0 amide bonds. The fraction of sp³-hybridized carbons (Fsp3) is 0.421. The summed E-state index contributed by atoms with van der Waals surface area (Å²) in [7, 11) is -0.278. The van der Waals surface area contributed by atoms with Gasteiger partial charge in [-0.1, -0.05) is 24.3 Å². The first-order valence-electron chi connectivity index (χ1n) is 8.76. The summed E-state index contributed by atoms with van der Waals surface area (Å²) in [6.07, 6.45) is 1.75. The molecule has 2 heterocycles. The van der Waals surface area contributed by atoms with Crippen molar-refractivity contribution in [2.24, 2.45) is 0 Å². The van der Waals surface area contributed by atoms with E-state index in [0.717, 1.165) is 35.4 Å². The fourth-order valence-electron chi connectivity index (χ4n) is 3.29. The maximum atomic E-state index is 12.4. The number of hydrogen-bond acceptors (Lipinski definition) is 4. The highest BCUT2D eigenvalue weighted by Crippen LogP contribution is 2.29. The van der Waals surface area contributed by atoms with Crippen LogP contribution >= 0.6 is 0 Å². The number of rotatable bonds is 5. The van der Waals surface area contributed by atoms with Crippen LogP contribution in [0.25, 0.3) is 11.3 Å². The molecule has 1 saturated heterocycles. The monoisotopic (exact) mass is 375 g/mol. The van der Waals surface area contributed by atoms with Crippen LogP contribution in [0.15, 0.2) is 42.5 Å². The fourth-order valence-corrected chi connectivity index (χ4v) is 4.48. The van der Waals surface area contributed by atoms with Gasteiger partial charge in [0.05, 0.1) is 12.3 Å². The molecule has 1 fully saturated rings. The second-order valence-corrected chi connectivity index (χ2v) is 8.94. The minimum atomic E-state index is -3.40. The van der Waals surface area contributed by atoms with Crippen LogP contribution < -0.4 is 0 Å². The lowest BCUT2D eigenvalue weighted by molar-refractivity contribution is 0.282. The SMILES string of the molecule is CN(C)S(=O)(=O)N1CCC[C@@H](c2cccc(-c3cccc(CO)c3)n2)C1. The Morgan fingerprint density at radius 1 is 1.23 bits per heavy atom. The van der Waals surface area contributed by atoms with E-state index in [4.69, 9.17) is 4.98 Å². The van der Waals surface area contributed by atoms with Crippen LogP contribution in [0.4, 0.5) is 0 Å². The smallest absolute Gasteiger partial charge is 0.281 e. The van der Waals surface area contributed by atoms with Crippen molar-refractivity contribution in [1.82, 2.24) is 13.6 Å². The van der Waals surface area contributed by atoms with E-state index in [9.17, 15) is 13.5 Å². The summed E-state index contributed by atoms with van der Waals surface area (Å²) in [6.45, 7) is 0.996. The van der Waals surface area contributed by atoms with Crippen LogP contribution in [-0.4, -0.2) is 54.3 Å². The minimum absolute atomic E-state index is 0.00644. The first-order valence-corrected chi connectivity index (χ1v) is 10.2. The molecule has 0 unspecified atom stereocenters. The molecule has 0 bridgehead atoms. The molecule has 1 aliphatic rings. The molecule has 0 radical (unpaired) electrons. The van der Waals surface area contributed by atoms with Crippen molar-refractivity contribution in [2.75, 3.05) is 27.2 Å². The Morgan fingerprint density at radius 2 is 2.00 bits per heavy atom. The highest BCUT2D eigenvalue weighted by molar-refractivity contribution is 7.86. The van der Waals surface area contributed by atoms with E-state index in [1.807, 2.05) is 42.5 Å². The van der Waals surface area contributed by atoms with Crippen molar-refractivity contribution in [3.05, 3.63) is 53.7 Å². The lowest BCUT2D eigenvalue weighted by Crippen LogP contribution is -2.45. The van der Waals surface area contributed by atoms with Gasteiger partial charge in [-0.05, 0) is 36.6 Å². The van der Waals surface area contributed by atoms with Gasteiger partial charge in [0.1, 0.15) is 0 Å². The predicted molar refractivity (Wildman–Crippen MR) is 102 cm³/mol. The molecule has 1 aromatic carbocycles. The van der Waals surface area contributed by atoms with Crippen molar-refractivity contribution in [2.45, 2.75) is 25.4 Å². The number of pyridine rings is 1. The van der Waals surface area contributed by atoms with Crippen LogP contribution in [0.2, 0.25) is 0 Å². The Hall–Kier alpha value is -1.80. The van der Waals surface area contributed by atoms with Crippen LogP contribution in [0.1, 0.15) is 30.0 Å². The highest BCUT2D eigenvalue weighted by atomic mass is 32.2. The number of benzene rings is 1. The quantitative estimate of drug-likeness (QED) is 0.870. The zero-order valence-corrected chi connectivity index (χ0v) is 16.0. The molecule has 2 aromatic rings. The normalized spacial score (nSPS) is 19.0. The Kier molecular flexibility index (Phi) is 5.72. The van der Waals surface area contributed by atoms with Crippen molar-refractivity contribution < 1.29 is 13.5 Å². The van der Waals surface area contributed by atoms with Crippen LogP contribution in [0, 0.1) is 0 Å². The number of piperidine rings is 1. The summed E-state index contributed by atoms with van der Waals surface area (Å²) >= 11 is 0. The summed E-state index contributed by atoms with van der Waals surface area (Å²) in [5.41, 5.74) is 3.54. The van der Waals surface area contributed by atoms with Crippen molar-refractivity contribution in [3.8, 4) is 11.3 Å². The van der Waals surface area contributed by atoms with Gasteiger partial charge in [-0.25, -0.2) is 0 Å². The van der Waals surface area contributed by atoms with Gasteiger partial charge in [0.2, 0.25) is 0 Å². The number of aliphatic hydroxyl groups excluding tert-OH is 1. The molecule has 0 aliphatic carbocycles. The van der Waals surface area contributed by atoms with Crippen molar-refractivity contribution in [3.63, 3.8) is 0 Å². The topological polar surface area (TPSA) is 73.7 Å². The van der Waals surface area contributed by atoms with E-state index in [1.165, 1.54) is 4.31 Å². The van der Waals surface area contributed by atoms with Crippen LogP contribution in [-0.2, 0) is 16.8 Å². The van der Waals surface area contributed by atoms with Crippen molar-refractivity contribution >= 4 is 10.2 Å². The molecule has 1 aromatic heterocycles. The Labute approximate surface area is 155 Å². The molecule has 6 nitrogen and oxygen atoms in total. The number of hydrogen-bond donors (Lipinski definition) is 1. The zero-order chi connectivity index (χ0) is 18.7. The van der Waals surface area contributed by atoms with E-state index >= 15 is 0 Å². The molecule has 26 heavy (non-hydrogen) atoms. The van der Waals surface area contributed by atoms with Crippen molar-refractivity contribution in [1.29, 1.82) is 0 Å². The van der Waals surface area contributed by atoms with E-state index in [2.05, 4.69) is 0 Å². The average molecular weight is 375 g/mol. The van der Waals surface area contributed by atoms with Gasteiger partial charge in [-0.3, -0.25) is 4.98 Å². The molecular formula is C19H25N3O3S. The first kappa shape index (κ1) is 19.0. The second-order valence-electron chi connectivity index (χ2n) is 6.79. The molecule has 1 atom stereocenters. The lowest BCUT2D eigenvalue weighted by atomic mass is 9.95. The maximum Gasteiger partial charge on any atom is 0.281 e. The van der Waals surface area contributed by atoms with E-state index in [-0.39, 0.29) is 12.5 Å². The van der Waals surface area contributed by atoms with E-state index in [1.54, 1.807) is 18.4 Å². The molecule has 0 saturated carbocycles. The first-order chi connectivity index (χ1) is 12.4. The minimum Gasteiger partial charge on any atom is -0.392 e. The van der Waals surface area contributed by atoms with E-state index < -0.39 is 10.2 Å². The molecule has 7 heteroatoms. The molecular weight excluding hydrogens is 350 g/mol. The molecule has 3 rings (SSSR count). The van der Waals surface area contributed by atoms with Gasteiger partial charge in [0.15, 0.2) is 0 Å². The zero-order valence-electron chi connectivity index (χ0n) is 15.2. The Bertz CT molecular complexity index is 868. The molecule has 0 spiro atoms. The van der Waals surface area contributed by atoms with Gasteiger partial charge >= 0.3 is 0 Å². The summed E-state index contributed by atoms with van der Waals surface area (Å²) < 4.78 is 27.7. The van der Waals surface area contributed by atoms with Gasteiger partial charge in [-0.2, -0.15) is 17.0 Å². The Balaban J connectivity index is 1.86. The lowest BCUT2D eigenvalue weighted by Gasteiger charge is -2.33. The second kappa shape index (κ2) is 7.84. The number of aliphatic hydroxyl groups is 1. The number of aromatic nitrogens is 1. The summed E-state index contributed by atoms with van der Waals surface area (Å²) in [6, 6.07) is 13.5. The maximum absolute atomic E-state index is 12.4. The average Bonchev–Trinajstić information content (AvgIpc) is 2.68. The molecule has 140 valence electrons. The predicted octanol–water partition coefficient (Wildman–Crippen LogP) is 2.23. The summed E-state index contributed by atoms with van der Waals surface area (Å²) in [4.78, 5) is 4.79. The third-order valence-corrected chi connectivity index (χ3v) is 6.67. The van der Waals surface area contributed by atoms with Gasteiger partial charge in [0.25, 0.3) is 10.2 Å². The standard InChI is InChI=1S/C19H25N3O3S/c1-21(2)26(24,25)22-11-5-8-17(13-22)19-10-4-9-18(20-19)16-7-3-6-15(12-16)14-23/h3-4,6-7,9-10,12,17,23H,5,8,11,13-14H2,1-2H3/t17-/m1/s1. The summed E-state index contributed by atoms with van der Waals surface area (Å²) in [5.74, 6) is 0.0828. The molecule has 1 N–H and O–H groups in total. The highest BCUT2D eigenvalue weighted by Gasteiger charge is 2.31.